The van der Waals surface area contributed by atoms with E-state index in [1.165, 1.54) is 0 Å². The van der Waals surface area contributed by atoms with Gasteiger partial charge in [0, 0.05) is 19.3 Å². The largest absolute Gasteiger partial charge is 0.544 e. The number of hydrogen-bond acceptors (Lipinski definition) is 7. The highest BCUT2D eigenvalue weighted by Gasteiger charge is 2.25. The van der Waals surface area contributed by atoms with Crippen LogP contribution in [0, 0.1) is 0 Å². The number of aliphatic carboxylic acids is 1. The van der Waals surface area contributed by atoms with E-state index < -0.39 is 18.1 Å². The Morgan fingerprint density at radius 2 is 0.952 bits per heavy atom. The molecule has 62 heavy (non-hydrogen) atoms. The lowest BCUT2D eigenvalue weighted by Crippen LogP contribution is -2.55. The molecule has 0 fully saturated rings. The summed E-state index contributed by atoms with van der Waals surface area (Å²) in [5.74, 6) is -1.87. The van der Waals surface area contributed by atoms with Gasteiger partial charge in [-0.1, -0.05) is 167 Å². The third kappa shape index (κ3) is 40.9. The number of carboxylic acid groups (broad SMARTS) is 1. The number of ether oxygens (including phenoxy) is 3. The summed E-state index contributed by atoms with van der Waals surface area (Å²) in [7, 11) is 5.36. The van der Waals surface area contributed by atoms with E-state index in [9.17, 15) is 19.5 Å². The second-order valence-electron chi connectivity index (χ2n) is 16.0. The van der Waals surface area contributed by atoms with Crippen molar-refractivity contribution in [1.29, 1.82) is 0 Å². The molecule has 0 amide bonds. The topological polar surface area (TPSA) is 102 Å². The van der Waals surface area contributed by atoms with E-state index in [1.807, 2.05) is 30.4 Å². The van der Waals surface area contributed by atoms with Crippen molar-refractivity contribution in [1.82, 2.24) is 0 Å². The maximum Gasteiger partial charge on any atom is 0.306 e. The molecule has 0 heterocycles. The van der Waals surface area contributed by atoms with Crippen molar-refractivity contribution in [3.63, 3.8) is 0 Å². The molecule has 0 N–H and O–H groups in total. The minimum atomic E-state index is -1.14. The summed E-state index contributed by atoms with van der Waals surface area (Å²) >= 11 is 0. The molecule has 0 rings (SSSR count). The zero-order valence-electron chi connectivity index (χ0n) is 39.2. The van der Waals surface area contributed by atoms with Crippen molar-refractivity contribution < 1.29 is 38.2 Å². The average molecular weight is 858 g/mol. The highest BCUT2D eigenvalue weighted by atomic mass is 16.6. The van der Waals surface area contributed by atoms with Gasteiger partial charge < -0.3 is 28.6 Å². The van der Waals surface area contributed by atoms with Crippen molar-refractivity contribution in [2.75, 3.05) is 41.0 Å². The maximum absolute atomic E-state index is 12.7. The van der Waals surface area contributed by atoms with E-state index in [0.29, 0.717) is 12.8 Å². The Hall–Kier alpha value is -4.53. The number of allylic oxidation sites excluding steroid dienone is 22. The summed E-state index contributed by atoms with van der Waals surface area (Å²) in [6.07, 6.45) is 62.0. The van der Waals surface area contributed by atoms with Crippen LogP contribution in [0.3, 0.4) is 0 Å². The number of unbranched alkanes of at least 4 members (excludes halogenated alkanes) is 6. The third-order valence-corrected chi connectivity index (χ3v) is 9.38. The van der Waals surface area contributed by atoms with Gasteiger partial charge in [-0.15, -0.1) is 0 Å². The van der Waals surface area contributed by atoms with Gasteiger partial charge in [-0.25, -0.2) is 0 Å². The number of nitrogens with zero attached hydrogens (tertiary/aromatic N) is 1. The molecule has 8 nitrogen and oxygen atoms in total. The number of carbonyl (C=O) groups is 3. The third-order valence-electron chi connectivity index (χ3n) is 9.38. The van der Waals surface area contributed by atoms with Crippen LogP contribution in [-0.4, -0.2) is 75.5 Å². The van der Waals surface area contributed by atoms with Crippen LogP contribution in [0.25, 0.3) is 0 Å². The van der Waals surface area contributed by atoms with Crippen LogP contribution in [0.15, 0.2) is 134 Å². The van der Waals surface area contributed by atoms with Gasteiger partial charge in [0.1, 0.15) is 12.6 Å². The van der Waals surface area contributed by atoms with Crippen molar-refractivity contribution >= 4 is 17.9 Å². The first kappa shape index (κ1) is 57.5. The van der Waals surface area contributed by atoms with Gasteiger partial charge in [0.05, 0.1) is 40.3 Å². The summed E-state index contributed by atoms with van der Waals surface area (Å²) in [5, 5.41) is 11.6. The van der Waals surface area contributed by atoms with Crippen LogP contribution in [0.2, 0.25) is 0 Å². The number of esters is 2. The SMILES string of the molecule is CC/C=C/C=C/C=C/C=C/CCCCCCCC(=O)OC(COCCC(C(=O)[O-])[N+](C)(C)C)COC(=O)CCC/C=C/C/C=C/C/C=C/C/C=C/C/C=C/C/C=C/C/C=C/CC. The van der Waals surface area contributed by atoms with E-state index in [-0.39, 0.29) is 55.5 Å². The standard InChI is InChI=1S/C54H83NO7/c1-6-8-10-12-14-16-18-20-22-23-24-25-26-27-28-29-31-32-34-36-38-40-42-44-52(56)61-49-50(48-60-47-46-51(54(58)59)55(3,4)5)62-53(57)45-43-41-39-37-35-33-30-21-19-17-15-13-11-9-7-2/h8-11,13-17,19-22,24-25,27-28,30-32,36,38,50-51H,6-7,12,18,23,26,29,33-35,37,39-49H2,1-5H3/b10-8+,11-9+,15-13+,16-14+,19-17+,22-20+,25-24+,28-27+,30-21+,32-31+,38-36+. The zero-order valence-corrected chi connectivity index (χ0v) is 39.2. The molecule has 0 aromatic carbocycles. The molecule has 2 unspecified atom stereocenters. The van der Waals surface area contributed by atoms with Crippen LogP contribution in [0.4, 0.5) is 0 Å². The van der Waals surface area contributed by atoms with Crippen molar-refractivity contribution in [2.24, 2.45) is 0 Å². The molecular weight excluding hydrogens is 775 g/mol. The quantitative estimate of drug-likeness (QED) is 0.0199. The Kier molecular flexibility index (Phi) is 40.0. The number of likely N-dealkylation sites (N-methyl/N-ethyl adjacent to an activating group) is 1. The van der Waals surface area contributed by atoms with E-state index in [2.05, 4.69) is 117 Å². The Morgan fingerprint density at radius 1 is 0.500 bits per heavy atom. The maximum atomic E-state index is 12.7. The van der Waals surface area contributed by atoms with E-state index in [1.54, 1.807) is 21.1 Å². The average Bonchev–Trinajstić information content (AvgIpc) is 3.23. The molecule has 0 saturated heterocycles. The molecular formula is C54H83NO7. The smallest absolute Gasteiger partial charge is 0.306 e. The molecule has 0 saturated carbocycles. The van der Waals surface area contributed by atoms with Crippen LogP contribution in [0.5, 0.6) is 0 Å². The van der Waals surface area contributed by atoms with Crippen LogP contribution >= 0.6 is 0 Å². The molecule has 0 aromatic rings. The number of rotatable bonds is 39. The molecule has 0 radical (unpaired) electrons. The van der Waals surface area contributed by atoms with Gasteiger partial charge in [-0.2, -0.15) is 0 Å². The summed E-state index contributed by atoms with van der Waals surface area (Å²) in [6, 6.07) is -0.748. The predicted molar refractivity (Wildman–Crippen MR) is 258 cm³/mol. The summed E-state index contributed by atoms with van der Waals surface area (Å²) < 4.78 is 17.1. The normalized spacial score (nSPS) is 14.1. The Balaban J connectivity index is 4.47. The van der Waals surface area contributed by atoms with E-state index in [4.69, 9.17) is 14.2 Å². The molecule has 0 bridgehead atoms. The summed E-state index contributed by atoms with van der Waals surface area (Å²) in [4.78, 5) is 36.9. The second-order valence-corrected chi connectivity index (χ2v) is 16.0. The van der Waals surface area contributed by atoms with Gasteiger partial charge >= 0.3 is 11.9 Å². The summed E-state index contributed by atoms with van der Waals surface area (Å²) in [6.45, 7) is 4.29. The Labute approximate surface area is 377 Å². The van der Waals surface area contributed by atoms with E-state index >= 15 is 0 Å². The highest BCUT2D eigenvalue weighted by molar-refractivity contribution is 5.70. The molecule has 0 aliphatic carbocycles. The first-order chi connectivity index (χ1) is 30.1. The number of carboxylic acids is 1. The molecule has 0 spiro atoms. The fraction of sp³-hybridized carbons (Fsp3) is 0.537. The lowest BCUT2D eigenvalue weighted by Gasteiger charge is -2.34. The van der Waals surface area contributed by atoms with Crippen molar-refractivity contribution in [3.8, 4) is 0 Å². The number of carbonyl (C=O) groups excluding carboxylic acids is 3. The fourth-order valence-electron chi connectivity index (χ4n) is 5.83. The van der Waals surface area contributed by atoms with Gasteiger partial charge in [0.2, 0.25) is 0 Å². The Bertz CT molecular complexity index is 1470. The molecule has 0 aromatic heterocycles. The van der Waals surface area contributed by atoms with Crippen LogP contribution < -0.4 is 5.11 Å². The van der Waals surface area contributed by atoms with E-state index in [0.717, 1.165) is 89.9 Å². The minimum absolute atomic E-state index is 0.00215. The summed E-state index contributed by atoms with van der Waals surface area (Å²) in [5.41, 5.74) is 0. The highest BCUT2D eigenvalue weighted by Crippen LogP contribution is 2.11. The molecule has 0 aliphatic heterocycles. The first-order valence-corrected chi connectivity index (χ1v) is 23.3. The van der Waals surface area contributed by atoms with Crippen LogP contribution in [-0.2, 0) is 28.6 Å². The number of quaternary nitrogens is 1. The molecule has 8 heteroatoms. The lowest BCUT2D eigenvalue weighted by molar-refractivity contribution is -0.889. The molecule has 346 valence electrons. The molecule has 0 aliphatic rings. The molecule has 2 atom stereocenters. The second kappa shape index (κ2) is 43.1. The lowest BCUT2D eigenvalue weighted by atomic mass is 10.1. The van der Waals surface area contributed by atoms with Gasteiger partial charge in [0.25, 0.3) is 0 Å². The Morgan fingerprint density at radius 3 is 1.48 bits per heavy atom. The zero-order chi connectivity index (χ0) is 45.6. The van der Waals surface area contributed by atoms with Gasteiger partial charge in [-0.05, 0) is 83.5 Å². The monoisotopic (exact) mass is 858 g/mol. The van der Waals surface area contributed by atoms with Gasteiger partial charge in [0.15, 0.2) is 6.10 Å². The predicted octanol–water partition coefficient (Wildman–Crippen LogP) is 11.9. The fourth-order valence-corrected chi connectivity index (χ4v) is 5.83. The van der Waals surface area contributed by atoms with Crippen LogP contribution in [0.1, 0.15) is 136 Å². The van der Waals surface area contributed by atoms with Gasteiger partial charge in [-0.3, -0.25) is 9.59 Å². The minimum Gasteiger partial charge on any atom is -0.544 e. The number of hydrogen-bond donors (Lipinski definition) is 0. The first-order valence-electron chi connectivity index (χ1n) is 23.3. The van der Waals surface area contributed by atoms with Crippen molar-refractivity contribution in [3.05, 3.63) is 134 Å². The van der Waals surface area contributed by atoms with Crippen molar-refractivity contribution in [2.45, 2.75) is 148 Å².